The van der Waals surface area contributed by atoms with Crippen molar-refractivity contribution >= 4 is 52.0 Å². The van der Waals surface area contributed by atoms with Crippen molar-refractivity contribution in [2.45, 2.75) is 5.16 Å². The van der Waals surface area contributed by atoms with Crippen LogP contribution in [0.3, 0.4) is 0 Å². The number of hydrogen-bond acceptors (Lipinski definition) is 9. The summed E-state index contributed by atoms with van der Waals surface area (Å²) in [5.41, 5.74) is 0.484. The van der Waals surface area contributed by atoms with Gasteiger partial charge in [-0.25, -0.2) is 0 Å². The molecule has 0 saturated carbocycles. The van der Waals surface area contributed by atoms with Crippen molar-refractivity contribution < 1.29 is 19.0 Å². The second-order valence-corrected chi connectivity index (χ2v) is 8.18. The number of amides is 1. The number of anilines is 1. The van der Waals surface area contributed by atoms with E-state index in [-0.39, 0.29) is 12.2 Å². The number of thioether (sulfide) groups is 1. The van der Waals surface area contributed by atoms with Gasteiger partial charge in [0.15, 0.2) is 11.5 Å². The Balaban J connectivity index is 1.58. The number of methoxy groups -OCH3 is 1. The van der Waals surface area contributed by atoms with Crippen LogP contribution in [0, 0.1) is 11.3 Å². The summed E-state index contributed by atoms with van der Waals surface area (Å²) in [6.45, 7) is 0.555. The zero-order chi connectivity index (χ0) is 23.6. The van der Waals surface area contributed by atoms with Crippen LogP contribution in [0.15, 0.2) is 53.2 Å². The molecule has 3 aromatic rings. The Labute approximate surface area is 204 Å². The molecule has 0 atom stereocenters. The van der Waals surface area contributed by atoms with Gasteiger partial charge in [-0.15, -0.1) is 0 Å². The minimum absolute atomic E-state index is 0.0918. The Morgan fingerprint density at radius 2 is 1.94 bits per heavy atom. The average molecular weight is 503 g/mol. The quantitative estimate of drug-likeness (QED) is 0.180. The number of nitriles is 1. The molecule has 0 spiro atoms. The number of halogens is 1. The van der Waals surface area contributed by atoms with E-state index in [0.717, 1.165) is 11.5 Å². The van der Waals surface area contributed by atoms with Gasteiger partial charge in [0.2, 0.25) is 10.3 Å². The molecule has 11 heteroatoms. The third-order valence-electron chi connectivity index (χ3n) is 4.11. The average Bonchev–Trinajstić information content (AvgIpc) is 3.29. The van der Waals surface area contributed by atoms with Gasteiger partial charge in [-0.3, -0.25) is 10.1 Å². The molecule has 0 bridgehead atoms. The van der Waals surface area contributed by atoms with Crippen molar-refractivity contribution in [1.29, 1.82) is 5.26 Å². The molecule has 1 heterocycles. The number of ether oxygens (including phenoxy) is 3. The van der Waals surface area contributed by atoms with Crippen molar-refractivity contribution in [2.24, 2.45) is 0 Å². The molecular formula is C22H19ClN4O4S2. The molecule has 33 heavy (non-hydrogen) atoms. The molecule has 170 valence electrons. The SMILES string of the molecule is COc1ccccc1OCCOc1ccc(/C=C(/C#N)C(=O)Nc2nc(SC)ns2)cc1Cl. The molecule has 3 rings (SSSR count). The second-order valence-electron chi connectivity index (χ2n) is 6.25. The Bertz CT molecular complexity index is 1190. The summed E-state index contributed by atoms with van der Waals surface area (Å²) in [4.78, 5) is 16.5. The van der Waals surface area contributed by atoms with Crippen LogP contribution in [0.25, 0.3) is 6.08 Å². The largest absolute Gasteiger partial charge is 0.493 e. The number of carbonyl (C=O) groups is 1. The Hall–Kier alpha value is -3.26. The summed E-state index contributed by atoms with van der Waals surface area (Å²) in [5, 5.41) is 13.2. The molecule has 0 aliphatic rings. The maximum Gasteiger partial charge on any atom is 0.268 e. The molecule has 1 amide bonds. The highest BCUT2D eigenvalue weighted by atomic mass is 35.5. The Kier molecular flexibility index (Phi) is 8.95. The molecule has 0 aliphatic heterocycles. The molecule has 0 unspecified atom stereocenters. The fourth-order valence-corrected chi connectivity index (χ4v) is 3.95. The zero-order valence-corrected chi connectivity index (χ0v) is 20.1. The fourth-order valence-electron chi connectivity index (χ4n) is 2.59. The summed E-state index contributed by atoms with van der Waals surface area (Å²) in [7, 11) is 1.58. The lowest BCUT2D eigenvalue weighted by Crippen LogP contribution is -2.13. The smallest absolute Gasteiger partial charge is 0.268 e. The molecule has 1 N–H and O–H groups in total. The van der Waals surface area contributed by atoms with Gasteiger partial charge in [-0.05, 0) is 42.2 Å². The van der Waals surface area contributed by atoms with Gasteiger partial charge >= 0.3 is 0 Å². The van der Waals surface area contributed by atoms with E-state index < -0.39 is 5.91 Å². The molecule has 1 aromatic heterocycles. The molecule has 0 fully saturated rings. The summed E-state index contributed by atoms with van der Waals surface area (Å²) >= 11 is 8.72. The van der Waals surface area contributed by atoms with E-state index in [2.05, 4.69) is 14.7 Å². The highest BCUT2D eigenvalue weighted by Gasteiger charge is 2.13. The van der Waals surface area contributed by atoms with Crippen LogP contribution < -0.4 is 19.5 Å². The van der Waals surface area contributed by atoms with E-state index in [9.17, 15) is 10.1 Å². The molecule has 0 radical (unpaired) electrons. The highest BCUT2D eigenvalue weighted by molar-refractivity contribution is 7.98. The number of nitrogens with zero attached hydrogens (tertiary/aromatic N) is 3. The number of benzene rings is 2. The van der Waals surface area contributed by atoms with Gasteiger partial charge in [0.25, 0.3) is 5.91 Å². The molecule has 0 aliphatic carbocycles. The minimum atomic E-state index is -0.578. The van der Waals surface area contributed by atoms with Crippen molar-refractivity contribution in [3.63, 3.8) is 0 Å². The third kappa shape index (κ3) is 6.86. The van der Waals surface area contributed by atoms with E-state index in [4.69, 9.17) is 25.8 Å². The number of aromatic nitrogens is 2. The van der Waals surface area contributed by atoms with Crippen LogP contribution in [0.5, 0.6) is 17.2 Å². The number of nitrogens with one attached hydrogen (secondary N) is 1. The Morgan fingerprint density at radius 3 is 2.58 bits per heavy atom. The van der Waals surface area contributed by atoms with Crippen LogP contribution in [-0.2, 0) is 4.79 Å². The maximum absolute atomic E-state index is 12.4. The summed E-state index contributed by atoms with van der Waals surface area (Å²) in [6, 6.07) is 14.2. The van der Waals surface area contributed by atoms with Gasteiger partial charge in [0.1, 0.15) is 30.6 Å². The van der Waals surface area contributed by atoms with Gasteiger partial charge in [-0.1, -0.05) is 41.6 Å². The first-order valence-corrected chi connectivity index (χ1v) is 11.9. The van der Waals surface area contributed by atoms with Gasteiger partial charge in [0, 0.05) is 11.5 Å². The van der Waals surface area contributed by atoms with E-state index in [1.807, 2.05) is 36.6 Å². The van der Waals surface area contributed by atoms with Gasteiger partial charge in [0.05, 0.1) is 12.1 Å². The van der Waals surface area contributed by atoms with Crippen LogP contribution in [0.4, 0.5) is 5.13 Å². The first-order valence-electron chi connectivity index (χ1n) is 9.53. The van der Waals surface area contributed by atoms with Crippen LogP contribution >= 0.6 is 34.9 Å². The summed E-state index contributed by atoms with van der Waals surface area (Å²) in [5.74, 6) is 1.14. The monoisotopic (exact) mass is 502 g/mol. The molecule has 2 aromatic carbocycles. The van der Waals surface area contributed by atoms with Gasteiger partial charge in [-0.2, -0.15) is 14.6 Å². The molecular weight excluding hydrogens is 484 g/mol. The van der Waals surface area contributed by atoms with Crippen LogP contribution in [-0.4, -0.2) is 41.8 Å². The predicted molar refractivity (Wildman–Crippen MR) is 129 cm³/mol. The normalized spacial score (nSPS) is 10.9. The standard InChI is InChI=1S/C22H19ClN4O4S2/c1-29-18-5-3-4-6-19(18)31-10-9-30-17-8-7-14(12-16(17)23)11-15(13-24)20(28)25-21-26-22(32-2)27-33-21/h3-8,11-12H,9-10H2,1-2H3,(H,25,26,27,28)/b15-11-. The van der Waals surface area contributed by atoms with E-state index in [1.165, 1.54) is 17.8 Å². The van der Waals surface area contributed by atoms with Gasteiger partial charge < -0.3 is 14.2 Å². The predicted octanol–water partition coefficient (Wildman–Crippen LogP) is 4.93. The summed E-state index contributed by atoms with van der Waals surface area (Å²) in [6.07, 6.45) is 3.27. The topological polar surface area (TPSA) is 106 Å². The lowest BCUT2D eigenvalue weighted by molar-refractivity contribution is -0.112. The second kappa shape index (κ2) is 12.1. The van der Waals surface area contributed by atoms with E-state index in [1.54, 1.807) is 25.3 Å². The number of rotatable bonds is 10. The number of hydrogen-bond donors (Lipinski definition) is 1. The summed E-state index contributed by atoms with van der Waals surface area (Å²) < 4.78 is 20.7. The number of carbonyl (C=O) groups excluding carboxylic acids is 1. The van der Waals surface area contributed by atoms with Crippen LogP contribution in [0.2, 0.25) is 5.02 Å². The number of para-hydroxylation sites is 2. The van der Waals surface area contributed by atoms with Crippen LogP contribution in [0.1, 0.15) is 5.56 Å². The van der Waals surface area contributed by atoms with Crippen molar-refractivity contribution in [1.82, 2.24) is 9.36 Å². The maximum atomic E-state index is 12.4. The lowest BCUT2D eigenvalue weighted by Gasteiger charge is -2.12. The molecule has 0 saturated heterocycles. The Morgan fingerprint density at radius 1 is 1.21 bits per heavy atom. The van der Waals surface area contributed by atoms with Crippen molar-refractivity contribution in [3.05, 3.63) is 58.6 Å². The zero-order valence-electron chi connectivity index (χ0n) is 17.7. The third-order valence-corrected chi connectivity index (χ3v) is 5.70. The first-order chi connectivity index (χ1) is 16.0. The minimum Gasteiger partial charge on any atom is -0.493 e. The lowest BCUT2D eigenvalue weighted by atomic mass is 10.1. The first kappa shape index (κ1) is 24.4. The van der Waals surface area contributed by atoms with Crippen molar-refractivity contribution in [2.75, 3.05) is 31.9 Å². The highest BCUT2D eigenvalue weighted by Crippen LogP contribution is 2.28. The van der Waals surface area contributed by atoms with E-state index >= 15 is 0 Å². The fraction of sp³-hybridized carbons (Fsp3) is 0.182. The molecule has 8 nitrogen and oxygen atoms in total. The van der Waals surface area contributed by atoms with Crippen molar-refractivity contribution in [3.8, 4) is 23.3 Å². The van der Waals surface area contributed by atoms with E-state index in [0.29, 0.717) is 44.7 Å².